The fraction of sp³-hybridized carbons (Fsp3) is 0.493. The normalized spacial score (nSPS) is 13.7. The maximum absolute atomic E-state index is 13.3. The third-order valence-corrected chi connectivity index (χ3v) is 16.9. The Bertz CT molecular complexity index is 3390. The lowest BCUT2D eigenvalue weighted by Gasteiger charge is -2.26. The molecule has 7 rings (SSSR count). The van der Waals surface area contributed by atoms with Crippen molar-refractivity contribution in [3.8, 4) is 23.7 Å². The van der Waals surface area contributed by atoms with Gasteiger partial charge in [0.25, 0.3) is 11.8 Å². The molecule has 0 radical (unpaired) electrons. The number of phosphoric ester groups is 2. The highest BCUT2D eigenvalue weighted by Crippen LogP contribution is 2.52. The molecule has 4 amide bonds. The first-order chi connectivity index (χ1) is 46.9. The number of fused-ring (bicyclic) bond motifs is 4. The summed E-state index contributed by atoms with van der Waals surface area (Å²) in [5, 5.41) is 4.41. The lowest BCUT2D eigenvalue weighted by atomic mass is 9.82. The first kappa shape index (κ1) is 83.7. The molecule has 0 spiro atoms. The van der Waals surface area contributed by atoms with Crippen LogP contribution in [0.25, 0.3) is 0 Å². The minimum atomic E-state index is -3.64. The Kier molecular flexibility index (Phi) is 40.5. The van der Waals surface area contributed by atoms with Crippen LogP contribution in [-0.2, 0) is 107 Å². The molecule has 98 heavy (non-hydrogen) atoms. The predicted octanol–water partition coefficient (Wildman–Crippen LogP) is 9.29. The highest BCUT2D eigenvalue weighted by molar-refractivity contribution is 7.81. The average molecular weight is 1420 g/mol. The van der Waals surface area contributed by atoms with Crippen LogP contribution in [0.1, 0.15) is 146 Å². The molecule has 0 bridgehead atoms. The van der Waals surface area contributed by atoms with E-state index < -0.39 is 40.9 Å². The van der Waals surface area contributed by atoms with Crippen molar-refractivity contribution in [2.45, 2.75) is 145 Å². The van der Waals surface area contributed by atoms with E-state index in [0.29, 0.717) is 83.1 Å². The summed E-state index contributed by atoms with van der Waals surface area (Å²) in [6.07, 6.45) is -0.610. The number of ketones is 1. The molecule has 0 aromatic heterocycles. The van der Waals surface area contributed by atoms with Gasteiger partial charge in [0.1, 0.15) is 5.78 Å². The molecule has 1 unspecified atom stereocenters. The minimum absolute atomic E-state index is 0. The topological polar surface area (TPSA) is 318 Å². The van der Waals surface area contributed by atoms with Crippen molar-refractivity contribution in [2.75, 3.05) is 84.1 Å². The Labute approximate surface area is 584 Å². The predicted molar refractivity (Wildman–Crippen MR) is 376 cm³/mol. The number of nitrogens with one attached hydrogen (secondary N) is 1. The highest BCUT2D eigenvalue weighted by atomic mass is 32.1. The molecule has 3 aliphatic rings. The first-order valence-electron chi connectivity index (χ1n) is 32.5. The number of carbonyl (C=O) groups is 6. The van der Waals surface area contributed by atoms with Crippen LogP contribution in [0.5, 0.6) is 0 Å². The van der Waals surface area contributed by atoms with Crippen LogP contribution in [0.2, 0.25) is 0 Å². The maximum atomic E-state index is 13.3. The molecular formula is C69H96BN5O20P2S. The Morgan fingerprint density at radius 1 is 0.612 bits per heavy atom. The fourth-order valence-electron chi connectivity index (χ4n) is 8.99. The molecule has 1 aliphatic carbocycles. The zero-order valence-electron chi connectivity index (χ0n) is 57.4. The van der Waals surface area contributed by atoms with Crippen LogP contribution in [0.3, 0.4) is 0 Å². The van der Waals surface area contributed by atoms with Crippen molar-refractivity contribution in [3.05, 3.63) is 136 Å². The zero-order valence-corrected chi connectivity index (χ0v) is 59.0. The number of nitrogens with two attached hydrogens (primary N) is 2. The number of amides is 4. The molecule has 0 saturated carbocycles. The molecule has 29 heteroatoms. The van der Waals surface area contributed by atoms with Gasteiger partial charge in [-0.3, -0.25) is 51.1 Å². The van der Waals surface area contributed by atoms with Gasteiger partial charge in [-0.05, 0) is 114 Å². The van der Waals surface area contributed by atoms with E-state index in [1.54, 1.807) is 60.3 Å². The van der Waals surface area contributed by atoms with Crippen molar-refractivity contribution in [3.63, 3.8) is 0 Å². The number of anilines is 1. The van der Waals surface area contributed by atoms with Crippen molar-refractivity contribution in [2.24, 2.45) is 11.6 Å². The molecule has 4 aromatic carbocycles. The van der Waals surface area contributed by atoms with Gasteiger partial charge in [-0.2, -0.15) is 0 Å². The van der Waals surface area contributed by atoms with Crippen LogP contribution in [-0.4, -0.2) is 158 Å². The van der Waals surface area contributed by atoms with Gasteiger partial charge in [0.05, 0.1) is 109 Å². The molecule has 25 nitrogen and oxygen atoms in total. The number of rotatable bonds is 37. The third kappa shape index (κ3) is 33.0. The number of thiocarbonyl (C=S) groups is 1. The number of hydrogen-bond acceptors (Lipinski definition) is 23. The van der Waals surface area contributed by atoms with Crippen LogP contribution >= 0.6 is 27.9 Å². The summed E-state index contributed by atoms with van der Waals surface area (Å²) in [6.45, 7) is 18.3. The number of hydrogen-bond donors (Lipinski definition) is 3. The van der Waals surface area contributed by atoms with E-state index in [4.69, 9.17) is 58.0 Å². The smallest absolute Gasteiger partial charge is 0.378 e. The summed E-state index contributed by atoms with van der Waals surface area (Å²) in [4.78, 5) is 80.4. The fourth-order valence-corrected chi connectivity index (χ4v) is 12.1. The van der Waals surface area contributed by atoms with Crippen molar-refractivity contribution in [1.29, 1.82) is 1.34 Å². The summed E-state index contributed by atoms with van der Waals surface area (Å²) in [5.41, 5.74) is 12.1. The van der Waals surface area contributed by atoms with Gasteiger partial charge in [0, 0.05) is 74.7 Å². The van der Waals surface area contributed by atoms with E-state index in [9.17, 15) is 37.9 Å². The molecule has 2 aliphatic heterocycles. The second-order valence-electron chi connectivity index (χ2n) is 22.3. The molecule has 536 valence electrons. The van der Waals surface area contributed by atoms with E-state index in [1.165, 1.54) is 0 Å². The zero-order chi connectivity index (χ0) is 71.9. The van der Waals surface area contributed by atoms with Crippen molar-refractivity contribution >= 4 is 81.6 Å². The van der Waals surface area contributed by atoms with Crippen LogP contribution in [0.15, 0.2) is 97.1 Å². The quantitative estimate of drug-likeness (QED) is 0.00720. The van der Waals surface area contributed by atoms with Crippen LogP contribution in [0, 0.1) is 23.7 Å². The second kappa shape index (κ2) is 47.4. The maximum Gasteiger partial charge on any atom is 0.475 e. The summed E-state index contributed by atoms with van der Waals surface area (Å²) >= 11 is 4.26. The van der Waals surface area contributed by atoms with E-state index in [-0.39, 0.29) is 114 Å². The highest BCUT2D eigenvalue weighted by Gasteiger charge is 2.34. The molecule has 1 saturated heterocycles. The Balaban J connectivity index is 0.000000390. The lowest BCUT2D eigenvalue weighted by Crippen LogP contribution is -2.34. The summed E-state index contributed by atoms with van der Waals surface area (Å²) in [5.74, 6) is 14.5. The first-order valence-corrected chi connectivity index (χ1v) is 35.3. The Morgan fingerprint density at radius 2 is 1.06 bits per heavy atom. The molecule has 5 N–H and O–H groups in total. The molecule has 1 atom stereocenters. The van der Waals surface area contributed by atoms with Gasteiger partial charge in [-0.1, -0.05) is 97.8 Å². The number of carbonyl (C=O) groups excluding carboxylic acids is 6. The number of para-hydroxylation sites is 1. The number of hydroxylamine groups is 2. The van der Waals surface area contributed by atoms with Gasteiger partial charge in [-0.15, -0.1) is 17.3 Å². The number of imide groups is 1. The van der Waals surface area contributed by atoms with Gasteiger partial charge < -0.3 is 44.5 Å². The molecule has 1 fully saturated rings. The van der Waals surface area contributed by atoms with E-state index in [0.717, 1.165) is 44.2 Å². The molecular weight excluding hydrogens is 1320 g/mol. The van der Waals surface area contributed by atoms with E-state index in [2.05, 4.69) is 51.9 Å². The van der Waals surface area contributed by atoms with Crippen LogP contribution in [0.4, 0.5) is 5.69 Å². The minimum Gasteiger partial charge on any atom is -0.378 e. The average Bonchev–Trinajstić information content (AvgIpc) is 1.41. The largest absolute Gasteiger partial charge is 0.475 e. The standard InChI is InChI=1S/C32H42NO8P.C23H18N2O5.C12H28NO6P.CH4BNOS.CH4/c1-24(2)40-42(36,41-25(3)4)39-22-21-38-20-19-37-18-17-33-32(35)16-15-31(34)30-23-28-11-6-5-9-26(28)13-14-27-10-7-8-12-29(27)30;26-20(13-14-23(29)30-25-21(27)11-12-22(25)28)24-15-18-7-2-1-5-16(18)9-10-17-6-3-4-8-19(17)24;1-11(2)18-20(14,19-12(3)4)17-10-9-16-8-7-15-6-5-13;3-4-2-1-5;/h5-12,24-25,30H,15-23H2,1-4H3,(H,33,35);1-8H,11-15H2;11-12H,5-10,13H2,1-4H3;1-2H,3H2;1H4/i;;;2D;. The van der Waals surface area contributed by atoms with Crippen molar-refractivity contribution < 1.29 is 93.6 Å². The summed E-state index contributed by atoms with van der Waals surface area (Å²) < 4.78 is 88.2. The Morgan fingerprint density at radius 3 is 1.58 bits per heavy atom. The van der Waals surface area contributed by atoms with Gasteiger partial charge in [-0.25, -0.2) is 19.8 Å². The lowest BCUT2D eigenvalue weighted by molar-refractivity contribution is -0.197. The van der Waals surface area contributed by atoms with Gasteiger partial charge in [0.2, 0.25) is 11.8 Å². The van der Waals surface area contributed by atoms with Crippen LogP contribution < -0.4 is 21.8 Å². The third-order valence-electron chi connectivity index (χ3n) is 13.0. The second-order valence-corrected chi connectivity index (χ2v) is 25.8. The summed E-state index contributed by atoms with van der Waals surface area (Å²) in [6, 6.07) is 30.6. The van der Waals surface area contributed by atoms with Crippen molar-refractivity contribution in [1.82, 2.24) is 10.4 Å². The number of Topliss-reactive ketones (excluding diaryl/α,β-unsaturated/α-hetero) is 1. The number of nitrogens with zero attached hydrogens (tertiary/aromatic N) is 2. The number of ether oxygens (including phenoxy) is 4. The number of phosphoric acid groups is 2. The van der Waals surface area contributed by atoms with Gasteiger partial charge >= 0.3 is 29.1 Å². The molecule has 2 heterocycles. The summed E-state index contributed by atoms with van der Waals surface area (Å²) in [7, 11) is -8.01. The van der Waals surface area contributed by atoms with Gasteiger partial charge in [0.15, 0.2) is 0 Å². The Hall–Kier alpha value is -6.69. The van der Waals surface area contributed by atoms with E-state index >= 15 is 0 Å². The van der Waals surface area contributed by atoms with E-state index in [1.807, 2.05) is 97.1 Å². The number of benzene rings is 4. The molecule has 4 aromatic rings. The monoisotopic (exact) mass is 1420 g/mol. The SMILES string of the molecule is C.CC(C)OP(=O)(OCCOCCOCCN)OC(C)C.CC(C)OP(=O)(OCCOCCOCCNC(=O)CCC(=O)C1Cc2ccccc2C#Cc2ccccc21)OC(C)C.O=C(CCC(=O)N1Cc2ccccc2C#Cc2ccccc21)ON1C(=O)CCC1=O.[2H]B(C=S)ON.